The molecular formula is C19H24O13. The summed E-state index contributed by atoms with van der Waals surface area (Å²) in [6.45, 7) is 9.25. The van der Waals surface area contributed by atoms with Crippen LogP contribution in [0.2, 0.25) is 0 Å². The fraction of sp³-hybridized carbons (Fsp3) is 0.368. The molecule has 32 heavy (non-hydrogen) atoms. The molecule has 13 heteroatoms. The molecule has 0 fully saturated rings. The van der Waals surface area contributed by atoms with Crippen molar-refractivity contribution in [3.63, 3.8) is 0 Å². The number of hydrogen-bond donors (Lipinski definition) is 4. The number of aliphatic hydroxyl groups is 4. The van der Waals surface area contributed by atoms with Crippen LogP contribution in [0.1, 0.15) is 0 Å². The van der Waals surface area contributed by atoms with E-state index in [1.165, 1.54) is 0 Å². The summed E-state index contributed by atoms with van der Waals surface area (Å²) in [5.74, 6) is -8.88. The highest BCUT2D eigenvalue weighted by Crippen LogP contribution is 2.31. The monoisotopic (exact) mass is 460 g/mol. The summed E-state index contributed by atoms with van der Waals surface area (Å²) >= 11 is 0. The van der Waals surface area contributed by atoms with E-state index in [2.05, 4.69) is 26.3 Å². The molecule has 0 rings (SSSR count). The Morgan fingerprint density at radius 1 is 0.719 bits per heavy atom. The maximum Gasteiger partial charge on any atom is 0.491 e. The minimum absolute atomic E-state index is 0.542. The van der Waals surface area contributed by atoms with Gasteiger partial charge in [-0.2, -0.15) is 0 Å². The molecule has 0 aromatic carbocycles. The van der Waals surface area contributed by atoms with Crippen LogP contribution in [0.5, 0.6) is 0 Å². The minimum Gasteiger partial charge on any atom is -0.419 e. The Kier molecular flexibility index (Phi) is 11.8. The first-order chi connectivity index (χ1) is 15.0. The number of carbonyl (C=O) groups excluding carboxylic acids is 4. The molecule has 0 saturated carbocycles. The molecule has 178 valence electrons. The zero-order valence-corrected chi connectivity index (χ0v) is 16.9. The predicted molar refractivity (Wildman–Crippen MR) is 102 cm³/mol. The van der Waals surface area contributed by atoms with Crippen LogP contribution >= 0.6 is 0 Å². The second-order valence-corrected chi connectivity index (χ2v) is 5.78. The van der Waals surface area contributed by atoms with Crippen LogP contribution in [0.3, 0.4) is 0 Å². The molecule has 0 aromatic heterocycles. The Hall–Kier alpha value is -3.36. The Labute approximate surface area is 182 Å². The van der Waals surface area contributed by atoms with Gasteiger partial charge in [-0.25, -0.2) is 19.2 Å². The molecule has 4 N–H and O–H groups in total. The quantitative estimate of drug-likeness (QED) is 0.121. The SMILES string of the molecule is C=CC(=O)OC(OC(O)C(CO)(CO)CO)C(OC(=O)C=C)(OC(=O)C=C)OC(=O)C=C. The predicted octanol–water partition coefficient (Wildman–Crippen LogP) is -1.82. The summed E-state index contributed by atoms with van der Waals surface area (Å²) in [6, 6.07) is 0. The zero-order valence-electron chi connectivity index (χ0n) is 16.9. The Balaban J connectivity index is 6.73. The van der Waals surface area contributed by atoms with Crippen molar-refractivity contribution < 1.29 is 63.3 Å². The lowest BCUT2D eigenvalue weighted by Crippen LogP contribution is -2.59. The summed E-state index contributed by atoms with van der Waals surface area (Å²) in [7, 11) is 0. The topological polar surface area (TPSA) is 195 Å². The second-order valence-electron chi connectivity index (χ2n) is 5.78. The third-order valence-corrected chi connectivity index (χ3v) is 3.63. The first-order valence-electron chi connectivity index (χ1n) is 8.59. The molecule has 0 bridgehead atoms. The third kappa shape index (κ3) is 7.40. The molecule has 0 aliphatic heterocycles. The van der Waals surface area contributed by atoms with Crippen molar-refractivity contribution in [2.45, 2.75) is 18.6 Å². The van der Waals surface area contributed by atoms with E-state index in [9.17, 15) is 39.6 Å². The Bertz CT molecular complexity index is 674. The molecule has 0 saturated heterocycles. The highest BCUT2D eigenvalue weighted by atomic mass is 16.9. The van der Waals surface area contributed by atoms with Crippen LogP contribution in [0.15, 0.2) is 50.6 Å². The van der Waals surface area contributed by atoms with Gasteiger partial charge >= 0.3 is 36.1 Å². The van der Waals surface area contributed by atoms with E-state index in [4.69, 9.17) is 23.7 Å². The molecular weight excluding hydrogens is 436 g/mol. The summed E-state index contributed by atoms with van der Waals surface area (Å²) < 4.78 is 24.1. The third-order valence-electron chi connectivity index (χ3n) is 3.63. The van der Waals surface area contributed by atoms with E-state index < -0.39 is 67.7 Å². The van der Waals surface area contributed by atoms with Crippen LogP contribution in [0.25, 0.3) is 0 Å². The number of esters is 4. The van der Waals surface area contributed by atoms with Crippen LogP contribution in [0.4, 0.5) is 0 Å². The first-order valence-corrected chi connectivity index (χ1v) is 8.59. The summed E-state index contributed by atoms with van der Waals surface area (Å²) in [5, 5.41) is 38.7. The van der Waals surface area contributed by atoms with E-state index in [0.717, 1.165) is 0 Å². The number of aliphatic hydroxyl groups excluding tert-OH is 4. The summed E-state index contributed by atoms with van der Waals surface area (Å²) in [6.07, 6.45) is -2.80. The van der Waals surface area contributed by atoms with Crippen molar-refractivity contribution in [2.24, 2.45) is 5.41 Å². The zero-order chi connectivity index (χ0) is 24.9. The van der Waals surface area contributed by atoms with E-state index >= 15 is 0 Å². The molecule has 2 unspecified atom stereocenters. The highest BCUT2D eigenvalue weighted by Gasteiger charge is 2.57. The molecule has 13 nitrogen and oxygen atoms in total. The van der Waals surface area contributed by atoms with Gasteiger partial charge in [0.25, 0.3) is 0 Å². The average Bonchev–Trinajstić information content (AvgIpc) is 2.79. The maximum absolute atomic E-state index is 11.9. The largest absolute Gasteiger partial charge is 0.491 e. The van der Waals surface area contributed by atoms with Gasteiger partial charge in [0, 0.05) is 24.3 Å². The lowest BCUT2D eigenvalue weighted by molar-refractivity contribution is -0.424. The van der Waals surface area contributed by atoms with Crippen LogP contribution < -0.4 is 0 Å². The van der Waals surface area contributed by atoms with Gasteiger partial charge in [-0.05, 0) is 0 Å². The van der Waals surface area contributed by atoms with E-state index in [1.54, 1.807) is 0 Å². The van der Waals surface area contributed by atoms with Crippen molar-refractivity contribution in [3.05, 3.63) is 50.6 Å². The van der Waals surface area contributed by atoms with Gasteiger partial charge in [-0.15, -0.1) is 0 Å². The average molecular weight is 460 g/mol. The molecule has 0 aromatic rings. The van der Waals surface area contributed by atoms with Gasteiger partial charge in [0.1, 0.15) is 0 Å². The van der Waals surface area contributed by atoms with Crippen LogP contribution in [0, 0.1) is 5.41 Å². The molecule has 0 aliphatic rings. The fourth-order valence-electron chi connectivity index (χ4n) is 1.74. The lowest BCUT2D eigenvalue weighted by Gasteiger charge is -2.39. The van der Waals surface area contributed by atoms with Crippen molar-refractivity contribution in [1.82, 2.24) is 0 Å². The van der Waals surface area contributed by atoms with Crippen LogP contribution in [-0.4, -0.2) is 82.7 Å². The summed E-state index contributed by atoms with van der Waals surface area (Å²) in [4.78, 5) is 47.6. The second kappa shape index (κ2) is 13.1. The number of carbonyl (C=O) groups is 4. The van der Waals surface area contributed by atoms with Gasteiger partial charge in [-0.1, -0.05) is 26.3 Å². The molecule has 0 radical (unpaired) electrons. The standard InChI is InChI=1S/C19H24O13/c1-5-12(23)28-17(29-16(27)18(9-20,10-21)11-22)19(30-13(24)6-2,31-14(25)7-3)32-15(26)8-4/h5-8,16-17,20-22,27H,1-4,9-11H2. The minimum atomic E-state index is -3.37. The Morgan fingerprint density at radius 2 is 1.06 bits per heavy atom. The normalized spacial score (nSPS) is 13.0. The molecule has 0 aliphatic carbocycles. The fourth-order valence-corrected chi connectivity index (χ4v) is 1.74. The number of hydrogen-bond acceptors (Lipinski definition) is 13. The maximum atomic E-state index is 11.9. The van der Waals surface area contributed by atoms with Gasteiger partial charge in [0.2, 0.25) is 0 Å². The van der Waals surface area contributed by atoms with Crippen LogP contribution in [-0.2, 0) is 42.9 Å². The smallest absolute Gasteiger partial charge is 0.419 e. The van der Waals surface area contributed by atoms with Crippen molar-refractivity contribution in [2.75, 3.05) is 19.8 Å². The van der Waals surface area contributed by atoms with Gasteiger partial charge in [0.15, 0.2) is 6.29 Å². The van der Waals surface area contributed by atoms with Crippen molar-refractivity contribution in [1.29, 1.82) is 0 Å². The highest BCUT2D eigenvalue weighted by molar-refractivity contribution is 5.85. The Morgan fingerprint density at radius 3 is 1.34 bits per heavy atom. The van der Waals surface area contributed by atoms with Gasteiger partial charge in [-0.3, -0.25) is 0 Å². The summed E-state index contributed by atoms with van der Waals surface area (Å²) in [5.41, 5.74) is -2.17. The van der Waals surface area contributed by atoms with Gasteiger partial charge < -0.3 is 44.1 Å². The molecule has 0 spiro atoms. The molecule has 0 amide bonds. The van der Waals surface area contributed by atoms with E-state index in [0.29, 0.717) is 24.3 Å². The number of rotatable bonds is 15. The van der Waals surface area contributed by atoms with Gasteiger partial charge in [0.05, 0.1) is 25.2 Å². The van der Waals surface area contributed by atoms with E-state index in [-0.39, 0.29) is 0 Å². The van der Waals surface area contributed by atoms with E-state index in [1.807, 2.05) is 0 Å². The lowest BCUT2D eigenvalue weighted by atomic mass is 9.90. The van der Waals surface area contributed by atoms with Crippen molar-refractivity contribution >= 4 is 23.9 Å². The number of ether oxygens (including phenoxy) is 5. The molecule has 0 heterocycles. The van der Waals surface area contributed by atoms with Crippen molar-refractivity contribution in [3.8, 4) is 0 Å². The first kappa shape index (κ1) is 28.6. The molecule has 2 atom stereocenters.